The predicted octanol–water partition coefficient (Wildman–Crippen LogP) is 3.41. The van der Waals surface area contributed by atoms with Gasteiger partial charge in [0, 0.05) is 5.56 Å². The second-order valence-corrected chi connectivity index (χ2v) is 5.93. The molecule has 0 unspecified atom stereocenters. The Morgan fingerprint density at radius 2 is 1.96 bits per heavy atom. The van der Waals surface area contributed by atoms with E-state index in [2.05, 4.69) is 17.1 Å². The molecule has 0 spiro atoms. The maximum absolute atomic E-state index is 10.0. The van der Waals surface area contributed by atoms with Crippen molar-refractivity contribution in [1.29, 1.82) is 10.5 Å². The van der Waals surface area contributed by atoms with E-state index in [1.165, 1.54) is 7.11 Å². The van der Waals surface area contributed by atoms with E-state index in [1.54, 1.807) is 25.1 Å². The Hall–Kier alpha value is -3.77. The van der Waals surface area contributed by atoms with Gasteiger partial charge in [0.1, 0.15) is 18.0 Å². The Labute approximate surface area is 151 Å². The standard InChI is InChI=1S/C20H16N4O2/c1-10-13(6-12-4-5-17(26-3)16(25)7-12)18-11(2)15(9-22)20(23)24-19(18)14(10)8-21/h4-7,25H,1-3H3,(H2,23,24)/b13-6+. The van der Waals surface area contributed by atoms with Gasteiger partial charge in [-0.1, -0.05) is 6.07 Å². The lowest BCUT2D eigenvalue weighted by molar-refractivity contribution is 0.373. The number of phenols is 1. The Morgan fingerprint density at radius 1 is 1.23 bits per heavy atom. The van der Waals surface area contributed by atoms with Crippen LogP contribution in [-0.2, 0) is 0 Å². The van der Waals surface area contributed by atoms with Crippen molar-refractivity contribution in [2.75, 3.05) is 12.8 Å². The molecule has 6 heteroatoms. The fraction of sp³-hybridized carbons (Fsp3) is 0.150. The summed E-state index contributed by atoms with van der Waals surface area (Å²) < 4.78 is 5.06. The summed E-state index contributed by atoms with van der Waals surface area (Å²) in [5.74, 6) is 0.515. The lowest BCUT2D eigenvalue weighted by Gasteiger charge is -2.11. The molecule has 3 rings (SSSR count). The van der Waals surface area contributed by atoms with Crippen LogP contribution in [0.15, 0.2) is 23.8 Å². The number of aromatic hydroxyl groups is 1. The van der Waals surface area contributed by atoms with Crippen molar-refractivity contribution in [3.05, 3.63) is 51.7 Å². The highest BCUT2D eigenvalue weighted by Crippen LogP contribution is 2.44. The monoisotopic (exact) mass is 344 g/mol. The number of nitrogen functional groups attached to an aromatic ring is 1. The second-order valence-electron chi connectivity index (χ2n) is 5.93. The predicted molar refractivity (Wildman–Crippen MR) is 98.8 cm³/mol. The second kappa shape index (κ2) is 6.27. The third-order valence-electron chi connectivity index (χ3n) is 4.50. The summed E-state index contributed by atoms with van der Waals surface area (Å²) in [7, 11) is 1.48. The summed E-state index contributed by atoms with van der Waals surface area (Å²) in [6.45, 7) is 3.62. The van der Waals surface area contributed by atoms with Gasteiger partial charge in [0.2, 0.25) is 0 Å². The molecule has 1 heterocycles. The molecule has 1 aliphatic rings. The fourth-order valence-electron chi connectivity index (χ4n) is 3.16. The molecular weight excluding hydrogens is 328 g/mol. The molecule has 26 heavy (non-hydrogen) atoms. The van der Waals surface area contributed by atoms with Crippen LogP contribution in [0.25, 0.3) is 17.2 Å². The average molecular weight is 344 g/mol. The van der Waals surface area contributed by atoms with Crippen LogP contribution in [0, 0.1) is 29.6 Å². The number of methoxy groups -OCH3 is 1. The average Bonchev–Trinajstić information content (AvgIpc) is 2.86. The normalized spacial score (nSPS) is 14.1. The third kappa shape index (κ3) is 2.45. The van der Waals surface area contributed by atoms with Crippen molar-refractivity contribution < 1.29 is 9.84 Å². The highest BCUT2D eigenvalue weighted by atomic mass is 16.5. The van der Waals surface area contributed by atoms with Crippen molar-refractivity contribution in [2.45, 2.75) is 13.8 Å². The molecule has 0 atom stereocenters. The first kappa shape index (κ1) is 17.1. The molecule has 128 valence electrons. The van der Waals surface area contributed by atoms with Crippen LogP contribution in [-0.4, -0.2) is 17.2 Å². The molecule has 1 aromatic heterocycles. The summed E-state index contributed by atoms with van der Waals surface area (Å²) in [5.41, 5.74) is 10.8. The lowest BCUT2D eigenvalue weighted by Crippen LogP contribution is -2.03. The number of pyridine rings is 1. The van der Waals surface area contributed by atoms with Crippen molar-refractivity contribution in [2.24, 2.45) is 0 Å². The number of fused-ring (bicyclic) bond motifs is 1. The number of hydrogen-bond acceptors (Lipinski definition) is 6. The number of phenolic OH excluding ortho intramolecular Hbond substituents is 1. The summed E-state index contributed by atoms with van der Waals surface area (Å²) in [6, 6.07) is 9.29. The minimum atomic E-state index is 0.0204. The van der Waals surface area contributed by atoms with Crippen LogP contribution in [0.4, 0.5) is 5.82 Å². The molecule has 6 nitrogen and oxygen atoms in total. The van der Waals surface area contributed by atoms with Crippen molar-refractivity contribution in [1.82, 2.24) is 4.98 Å². The molecule has 0 amide bonds. The van der Waals surface area contributed by atoms with E-state index in [0.717, 1.165) is 22.3 Å². The topological polar surface area (TPSA) is 116 Å². The fourth-order valence-corrected chi connectivity index (χ4v) is 3.16. The smallest absolute Gasteiger partial charge is 0.160 e. The molecule has 0 fully saturated rings. The number of anilines is 1. The number of aromatic nitrogens is 1. The van der Waals surface area contributed by atoms with Gasteiger partial charge in [-0.2, -0.15) is 10.5 Å². The molecule has 1 aromatic carbocycles. The minimum absolute atomic E-state index is 0.0204. The van der Waals surface area contributed by atoms with Crippen LogP contribution >= 0.6 is 0 Å². The number of benzene rings is 1. The van der Waals surface area contributed by atoms with E-state index < -0.39 is 0 Å². The number of nitrogens with zero attached hydrogens (tertiary/aromatic N) is 3. The maximum atomic E-state index is 10.0. The van der Waals surface area contributed by atoms with Gasteiger partial charge in [0.05, 0.1) is 23.9 Å². The van der Waals surface area contributed by atoms with Crippen LogP contribution < -0.4 is 10.5 Å². The molecule has 0 aliphatic heterocycles. The number of nitrogens with two attached hydrogens (primary N) is 1. The summed E-state index contributed by atoms with van der Waals surface area (Å²) in [5, 5.41) is 28.9. The van der Waals surface area contributed by atoms with Crippen molar-refractivity contribution >= 4 is 23.0 Å². The van der Waals surface area contributed by atoms with Gasteiger partial charge >= 0.3 is 0 Å². The van der Waals surface area contributed by atoms with Gasteiger partial charge in [-0.3, -0.25) is 0 Å². The van der Waals surface area contributed by atoms with Gasteiger partial charge in [0.15, 0.2) is 11.5 Å². The molecule has 0 saturated carbocycles. The van der Waals surface area contributed by atoms with E-state index in [4.69, 9.17) is 10.5 Å². The molecule has 0 radical (unpaired) electrons. The van der Waals surface area contributed by atoms with Crippen LogP contribution in [0.1, 0.15) is 34.9 Å². The van der Waals surface area contributed by atoms with Gasteiger partial charge in [0.25, 0.3) is 0 Å². The molecular formula is C20H16N4O2. The first-order chi connectivity index (χ1) is 12.4. The highest BCUT2D eigenvalue weighted by molar-refractivity contribution is 6.08. The molecule has 1 aliphatic carbocycles. The van der Waals surface area contributed by atoms with Crippen LogP contribution in [0.2, 0.25) is 0 Å². The third-order valence-corrected chi connectivity index (χ3v) is 4.50. The van der Waals surface area contributed by atoms with Gasteiger partial charge in [-0.25, -0.2) is 4.98 Å². The van der Waals surface area contributed by atoms with E-state index in [1.807, 2.05) is 13.0 Å². The number of hydrogen-bond donors (Lipinski definition) is 2. The first-order valence-electron chi connectivity index (χ1n) is 7.83. The van der Waals surface area contributed by atoms with Gasteiger partial charge in [-0.05, 0) is 54.3 Å². The number of allylic oxidation sites excluding steroid dienone is 3. The molecule has 0 saturated heterocycles. The van der Waals surface area contributed by atoms with Crippen LogP contribution in [0.3, 0.4) is 0 Å². The van der Waals surface area contributed by atoms with Gasteiger partial charge < -0.3 is 15.6 Å². The zero-order chi connectivity index (χ0) is 19.0. The zero-order valence-electron chi connectivity index (χ0n) is 14.6. The van der Waals surface area contributed by atoms with Crippen molar-refractivity contribution in [3.8, 4) is 23.6 Å². The van der Waals surface area contributed by atoms with Crippen LogP contribution in [0.5, 0.6) is 11.5 Å². The molecule has 3 N–H and O–H groups in total. The van der Waals surface area contributed by atoms with Gasteiger partial charge in [-0.15, -0.1) is 0 Å². The zero-order valence-corrected chi connectivity index (χ0v) is 14.6. The molecule has 0 bridgehead atoms. The number of nitriles is 2. The summed E-state index contributed by atoms with van der Waals surface area (Å²) in [6.07, 6.45) is 1.85. The summed E-state index contributed by atoms with van der Waals surface area (Å²) in [4.78, 5) is 4.29. The molecule has 2 aromatic rings. The Balaban J connectivity index is 2.28. The van der Waals surface area contributed by atoms with E-state index in [9.17, 15) is 15.6 Å². The number of rotatable bonds is 2. The summed E-state index contributed by atoms with van der Waals surface area (Å²) >= 11 is 0. The van der Waals surface area contributed by atoms with Crippen molar-refractivity contribution in [3.63, 3.8) is 0 Å². The van der Waals surface area contributed by atoms with E-state index in [-0.39, 0.29) is 11.6 Å². The Morgan fingerprint density at radius 3 is 2.54 bits per heavy atom. The maximum Gasteiger partial charge on any atom is 0.160 e. The number of ether oxygens (including phenoxy) is 1. The first-order valence-corrected chi connectivity index (χ1v) is 7.83. The van der Waals surface area contributed by atoms with E-state index in [0.29, 0.717) is 28.1 Å². The lowest BCUT2D eigenvalue weighted by atomic mass is 9.95. The Kier molecular flexibility index (Phi) is 4.11. The SMILES string of the molecule is COc1ccc(/C=C2\C(C)=C(C#N)c3nc(N)c(C#N)c(C)c32)cc1O. The Bertz CT molecular complexity index is 1080. The quantitative estimate of drug-likeness (QED) is 0.862. The highest BCUT2D eigenvalue weighted by Gasteiger charge is 2.29. The van der Waals surface area contributed by atoms with E-state index >= 15 is 0 Å². The largest absolute Gasteiger partial charge is 0.504 e. The minimum Gasteiger partial charge on any atom is -0.504 e.